The van der Waals surface area contributed by atoms with E-state index < -0.39 is 0 Å². The molecule has 6 aromatic rings. The number of fused-ring (bicyclic) bond motifs is 7. The highest BCUT2D eigenvalue weighted by atomic mass is 15.2. The van der Waals surface area contributed by atoms with Crippen LogP contribution in [0.15, 0.2) is 97.1 Å². The van der Waals surface area contributed by atoms with Gasteiger partial charge in [-0.2, -0.15) is 0 Å². The lowest BCUT2D eigenvalue weighted by Crippen LogP contribution is -2.40. The van der Waals surface area contributed by atoms with Crippen LogP contribution in [0.5, 0.6) is 0 Å². The van der Waals surface area contributed by atoms with Gasteiger partial charge in [0, 0.05) is 16.8 Å². The highest BCUT2D eigenvalue weighted by molar-refractivity contribution is 6.59. The highest BCUT2D eigenvalue weighted by Crippen LogP contribution is 2.57. The number of hydrogen-bond acceptors (Lipinski definition) is 1. The molecule has 0 spiro atoms. The second-order valence-corrected chi connectivity index (χ2v) is 24.6. The predicted molar refractivity (Wildman–Crippen MR) is 296 cm³/mol. The number of unbranched alkanes of at least 4 members (excludes halogenated alkanes) is 1. The number of anilines is 2. The lowest BCUT2D eigenvalue weighted by Gasteiger charge is -2.45. The zero-order valence-electron chi connectivity index (χ0n) is 43.7. The Balaban J connectivity index is 1.21. The SMILES string of the molecule is CCCCc1cc2c(cc1C1CBc3c(cc4c(c3-c3cccc(-c5cc6c(cc5C)C=CCC6)c3C)-c3ccccc3C4(C)C)N1c1ccc3c(c1)C(C)(C)CCC3(C)C)C(C)CCC2(C)C. The zero-order valence-corrected chi connectivity index (χ0v) is 43.7. The molecule has 0 bridgehead atoms. The molecule has 1 nitrogen and oxygen atoms in total. The van der Waals surface area contributed by atoms with Crippen LogP contribution >= 0.6 is 0 Å². The van der Waals surface area contributed by atoms with Crippen LogP contribution in [0.4, 0.5) is 11.4 Å². The van der Waals surface area contributed by atoms with E-state index in [9.17, 15) is 0 Å². The summed E-state index contributed by atoms with van der Waals surface area (Å²) in [6.07, 6.45) is 16.5. The van der Waals surface area contributed by atoms with E-state index in [-0.39, 0.29) is 27.7 Å². The van der Waals surface area contributed by atoms with Gasteiger partial charge >= 0.3 is 0 Å². The standard InChI is InChI=1S/C66H76BN/c1-13-14-20-45-35-55-51(40(2)29-30-63(55,5)6)37-52(45)59-39-67-62-58(68(59)46-27-28-54-56(36-46)65(9,10)32-31-64(54,7)8)38-57-60(49-23-17-18-26-53(49)66(57,11)12)61(62)48-25-19-24-47(42(48)4)50-34-44-22-16-15-21-43(44)33-41(50)3/h15,17-19,21,23-28,33-38,40,59,67H,13-14,16,20,22,29-32,39H2,1-12H3. The van der Waals surface area contributed by atoms with Crippen LogP contribution in [-0.2, 0) is 34.5 Å². The van der Waals surface area contributed by atoms with E-state index in [0.29, 0.717) is 5.92 Å². The summed E-state index contributed by atoms with van der Waals surface area (Å²) in [6, 6.07) is 37.7. The van der Waals surface area contributed by atoms with Crippen molar-refractivity contribution >= 4 is 30.2 Å². The first-order valence-electron chi connectivity index (χ1n) is 26.7. The average Bonchev–Trinajstić information content (AvgIpc) is 3.55. The van der Waals surface area contributed by atoms with Gasteiger partial charge in [-0.15, -0.1) is 0 Å². The van der Waals surface area contributed by atoms with Gasteiger partial charge in [0.25, 0.3) is 0 Å². The van der Waals surface area contributed by atoms with Crippen LogP contribution in [0, 0.1) is 13.8 Å². The molecule has 2 atom stereocenters. The summed E-state index contributed by atoms with van der Waals surface area (Å²) in [6.45, 7) is 29.6. The third kappa shape index (κ3) is 7.07. The number of nitrogens with zero attached hydrogens (tertiary/aromatic N) is 1. The predicted octanol–water partition coefficient (Wildman–Crippen LogP) is 17.1. The minimum atomic E-state index is -0.163. The van der Waals surface area contributed by atoms with E-state index in [1.165, 1.54) is 133 Å². The Hall–Kier alpha value is -5.08. The maximum atomic E-state index is 2.90. The average molecular weight is 894 g/mol. The summed E-state index contributed by atoms with van der Waals surface area (Å²) < 4.78 is 0. The quantitative estimate of drug-likeness (QED) is 0.144. The van der Waals surface area contributed by atoms with Gasteiger partial charge in [0.2, 0.25) is 0 Å². The van der Waals surface area contributed by atoms with E-state index in [1.54, 1.807) is 22.3 Å². The lowest BCUT2D eigenvalue weighted by molar-refractivity contribution is 0.332. The maximum Gasteiger partial charge on any atom is 0.163 e. The number of rotatable bonds is 7. The molecule has 0 fully saturated rings. The molecule has 0 aromatic heterocycles. The Bertz CT molecular complexity index is 3060. The number of benzene rings is 6. The molecular weight excluding hydrogens is 818 g/mol. The largest absolute Gasteiger partial charge is 0.335 e. The minimum absolute atomic E-state index is 0.101. The van der Waals surface area contributed by atoms with Crippen molar-refractivity contribution in [2.45, 2.75) is 181 Å². The van der Waals surface area contributed by atoms with Crippen LogP contribution in [0.2, 0.25) is 6.32 Å². The van der Waals surface area contributed by atoms with Gasteiger partial charge in [-0.05, 0) is 212 Å². The Morgan fingerprint density at radius 1 is 0.647 bits per heavy atom. The molecule has 0 saturated heterocycles. The molecule has 11 rings (SSSR count). The second kappa shape index (κ2) is 16.3. The Kier molecular flexibility index (Phi) is 10.8. The molecule has 348 valence electrons. The van der Waals surface area contributed by atoms with Crippen molar-refractivity contribution in [2.75, 3.05) is 4.90 Å². The van der Waals surface area contributed by atoms with E-state index >= 15 is 0 Å². The molecule has 2 unspecified atom stereocenters. The lowest BCUT2D eigenvalue weighted by atomic mass is 9.56. The monoisotopic (exact) mass is 894 g/mol. The van der Waals surface area contributed by atoms with E-state index in [0.717, 1.165) is 32.9 Å². The van der Waals surface area contributed by atoms with Crippen molar-refractivity contribution in [3.8, 4) is 33.4 Å². The summed E-state index contributed by atoms with van der Waals surface area (Å²) in [5.41, 5.74) is 31.0. The Morgan fingerprint density at radius 2 is 1.38 bits per heavy atom. The van der Waals surface area contributed by atoms with Crippen LogP contribution in [0.1, 0.15) is 193 Å². The first-order chi connectivity index (χ1) is 32.4. The van der Waals surface area contributed by atoms with Gasteiger partial charge in [0.05, 0.1) is 6.04 Å². The van der Waals surface area contributed by atoms with Gasteiger partial charge in [-0.1, -0.05) is 166 Å². The van der Waals surface area contributed by atoms with Crippen molar-refractivity contribution in [1.29, 1.82) is 0 Å². The van der Waals surface area contributed by atoms with Gasteiger partial charge in [-0.3, -0.25) is 0 Å². The first kappa shape index (κ1) is 45.4. The van der Waals surface area contributed by atoms with Crippen molar-refractivity contribution in [2.24, 2.45) is 0 Å². The first-order valence-corrected chi connectivity index (χ1v) is 26.7. The summed E-state index contributed by atoms with van der Waals surface area (Å²) >= 11 is 0. The highest BCUT2D eigenvalue weighted by Gasteiger charge is 2.44. The third-order valence-corrected chi connectivity index (χ3v) is 18.5. The van der Waals surface area contributed by atoms with Crippen molar-refractivity contribution in [1.82, 2.24) is 0 Å². The molecule has 1 heterocycles. The van der Waals surface area contributed by atoms with E-state index in [2.05, 4.69) is 191 Å². The molecule has 68 heavy (non-hydrogen) atoms. The number of allylic oxidation sites excluding steroid dienone is 1. The third-order valence-electron chi connectivity index (χ3n) is 18.5. The molecule has 0 N–H and O–H groups in total. The van der Waals surface area contributed by atoms with Crippen molar-refractivity contribution < 1.29 is 0 Å². The minimum Gasteiger partial charge on any atom is -0.335 e. The molecule has 0 amide bonds. The Labute approximate surface area is 411 Å². The molecule has 5 aliphatic rings. The topological polar surface area (TPSA) is 3.24 Å². The second-order valence-electron chi connectivity index (χ2n) is 24.6. The fraction of sp³-hybridized carbons (Fsp3) is 0.424. The fourth-order valence-corrected chi connectivity index (χ4v) is 14.1. The summed E-state index contributed by atoms with van der Waals surface area (Å²) in [5.74, 6) is 0.563. The Morgan fingerprint density at radius 3 is 2.18 bits per heavy atom. The molecule has 0 saturated carbocycles. The summed E-state index contributed by atoms with van der Waals surface area (Å²) in [7, 11) is 1.03. The van der Waals surface area contributed by atoms with Crippen LogP contribution < -0.4 is 10.4 Å². The maximum absolute atomic E-state index is 2.90. The van der Waals surface area contributed by atoms with Crippen LogP contribution in [-0.4, -0.2) is 7.28 Å². The summed E-state index contributed by atoms with van der Waals surface area (Å²) in [4.78, 5) is 2.90. The summed E-state index contributed by atoms with van der Waals surface area (Å²) in [5, 5.41) is 0. The van der Waals surface area contributed by atoms with E-state index in [1.807, 2.05) is 0 Å². The molecule has 0 radical (unpaired) electrons. The molecule has 2 heteroatoms. The number of aryl methyl sites for hydroxylation is 3. The van der Waals surface area contributed by atoms with Gasteiger partial charge in [0.1, 0.15) is 0 Å². The normalized spacial score (nSPS) is 20.9. The fourth-order valence-electron chi connectivity index (χ4n) is 14.1. The van der Waals surface area contributed by atoms with Gasteiger partial charge < -0.3 is 4.90 Å². The van der Waals surface area contributed by atoms with Crippen LogP contribution in [0.25, 0.3) is 39.5 Å². The molecule has 1 aliphatic heterocycles. The van der Waals surface area contributed by atoms with Crippen molar-refractivity contribution in [3.63, 3.8) is 0 Å². The van der Waals surface area contributed by atoms with Gasteiger partial charge in [-0.25, -0.2) is 0 Å². The number of hydrogen-bond donors (Lipinski definition) is 0. The van der Waals surface area contributed by atoms with Gasteiger partial charge in [0.15, 0.2) is 7.28 Å². The van der Waals surface area contributed by atoms with E-state index in [4.69, 9.17) is 0 Å². The zero-order chi connectivity index (χ0) is 47.7. The van der Waals surface area contributed by atoms with Crippen LogP contribution in [0.3, 0.4) is 0 Å². The molecule has 6 aromatic carbocycles. The van der Waals surface area contributed by atoms with Crippen molar-refractivity contribution in [3.05, 3.63) is 164 Å². The smallest absolute Gasteiger partial charge is 0.163 e. The molecular formula is C66H76BN. The molecule has 4 aliphatic carbocycles.